The Balaban J connectivity index is 1.58. The van der Waals surface area contributed by atoms with Crippen molar-refractivity contribution in [3.05, 3.63) is 101 Å². The van der Waals surface area contributed by atoms with Gasteiger partial charge in [-0.05, 0) is 30.3 Å². The average Bonchev–Trinajstić information content (AvgIpc) is 3.24. The molecule has 0 saturated heterocycles. The summed E-state index contributed by atoms with van der Waals surface area (Å²) in [7, 11) is 0. The molecular formula is C22H15ClFN5O2. The molecule has 0 bridgehead atoms. The highest BCUT2D eigenvalue weighted by Gasteiger charge is 2.20. The van der Waals surface area contributed by atoms with Gasteiger partial charge in [-0.15, -0.1) is 5.10 Å². The maximum Gasteiger partial charge on any atom is 0.309 e. The highest BCUT2D eigenvalue weighted by atomic mass is 35.5. The van der Waals surface area contributed by atoms with Crippen LogP contribution >= 0.6 is 11.6 Å². The number of nitrogens with zero attached hydrogens (tertiary/aromatic N) is 3. The first-order chi connectivity index (χ1) is 15.0. The average molecular weight is 436 g/mol. The van der Waals surface area contributed by atoms with Crippen LogP contribution in [0.3, 0.4) is 0 Å². The zero-order chi connectivity index (χ0) is 21.8. The number of hydrogen-bond donors (Lipinski definition) is 2. The van der Waals surface area contributed by atoms with Gasteiger partial charge in [0.2, 0.25) is 5.82 Å². The molecule has 0 atom stereocenters. The smallest absolute Gasteiger partial charge is 0.267 e. The molecule has 9 heteroatoms. The van der Waals surface area contributed by atoms with E-state index in [2.05, 4.69) is 20.9 Å². The molecule has 1 aromatic heterocycles. The van der Waals surface area contributed by atoms with E-state index in [-0.39, 0.29) is 16.4 Å². The van der Waals surface area contributed by atoms with E-state index < -0.39 is 17.6 Å². The number of nitrogens with one attached hydrogen (secondary N) is 2. The number of para-hydroxylation sites is 1. The molecule has 0 radical (unpaired) electrons. The number of carbonyl (C=O) groups excluding carboxylic acids is 2. The van der Waals surface area contributed by atoms with Gasteiger partial charge in [0.1, 0.15) is 5.82 Å². The number of aromatic nitrogens is 3. The number of carbonyl (C=O) groups is 2. The third-order valence-corrected chi connectivity index (χ3v) is 4.62. The summed E-state index contributed by atoms with van der Waals surface area (Å²) in [5.74, 6) is -1.68. The Bertz CT molecular complexity index is 1190. The number of halogens is 2. The van der Waals surface area contributed by atoms with Crippen molar-refractivity contribution in [3.8, 4) is 17.1 Å². The van der Waals surface area contributed by atoms with Crippen LogP contribution in [0.25, 0.3) is 17.1 Å². The van der Waals surface area contributed by atoms with Gasteiger partial charge < -0.3 is 0 Å². The van der Waals surface area contributed by atoms with Crippen molar-refractivity contribution in [2.75, 3.05) is 0 Å². The first-order valence-electron chi connectivity index (χ1n) is 9.16. The Labute approximate surface area is 181 Å². The number of benzene rings is 3. The lowest BCUT2D eigenvalue weighted by Gasteiger charge is -2.07. The minimum Gasteiger partial charge on any atom is -0.267 e. The standard InChI is InChI=1S/C22H15ClFN5O2/c23-18-13-15(24)11-12-17(18)21(30)26-27-22(31)19-25-20(14-7-3-1-4-8-14)29(28-19)16-9-5-2-6-10-16/h1-13H,(H,26,30)(H,27,31). The molecule has 0 saturated carbocycles. The van der Waals surface area contributed by atoms with Crippen LogP contribution in [0.4, 0.5) is 4.39 Å². The number of hydrazine groups is 1. The van der Waals surface area contributed by atoms with Crippen molar-refractivity contribution in [1.29, 1.82) is 0 Å². The predicted molar refractivity (Wildman–Crippen MR) is 113 cm³/mol. The Morgan fingerprint density at radius 2 is 1.52 bits per heavy atom. The third-order valence-electron chi connectivity index (χ3n) is 4.31. The van der Waals surface area contributed by atoms with Gasteiger partial charge in [0.15, 0.2) is 5.82 Å². The van der Waals surface area contributed by atoms with Gasteiger partial charge in [-0.25, -0.2) is 14.1 Å². The highest BCUT2D eigenvalue weighted by molar-refractivity contribution is 6.33. The van der Waals surface area contributed by atoms with Crippen molar-refractivity contribution in [1.82, 2.24) is 25.6 Å². The van der Waals surface area contributed by atoms with Gasteiger partial charge >= 0.3 is 5.91 Å². The van der Waals surface area contributed by atoms with Gasteiger partial charge in [-0.1, -0.05) is 60.1 Å². The number of rotatable bonds is 4. The van der Waals surface area contributed by atoms with E-state index in [1.807, 2.05) is 60.7 Å². The van der Waals surface area contributed by atoms with E-state index >= 15 is 0 Å². The van der Waals surface area contributed by atoms with E-state index in [1.165, 1.54) is 6.07 Å². The summed E-state index contributed by atoms with van der Waals surface area (Å²) in [5.41, 5.74) is 5.98. The Morgan fingerprint density at radius 1 is 0.871 bits per heavy atom. The summed E-state index contributed by atoms with van der Waals surface area (Å²) in [6, 6.07) is 21.8. The van der Waals surface area contributed by atoms with Crippen molar-refractivity contribution < 1.29 is 14.0 Å². The lowest BCUT2D eigenvalue weighted by molar-refractivity contribution is 0.0841. The van der Waals surface area contributed by atoms with Gasteiger partial charge in [0.25, 0.3) is 5.91 Å². The predicted octanol–water partition coefficient (Wildman–Crippen LogP) is 3.80. The Hall–Kier alpha value is -4.04. The second kappa shape index (κ2) is 8.76. The number of amides is 2. The largest absolute Gasteiger partial charge is 0.309 e. The molecule has 2 N–H and O–H groups in total. The van der Waals surface area contributed by atoms with E-state index in [0.717, 1.165) is 23.4 Å². The molecule has 1 heterocycles. The van der Waals surface area contributed by atoms with Crippen LogP contribution in [0.5, 0.6) is 0 Å². The maximum absolute atomic E-state index is 13.2. The molecule has 0 spiro atoms. The van der Waals surface area contributed by atoms with E-state index in [9.17, 15) is 14.0 Å². The molecule has 31 heavy (non-hydrogen) atoms. The second-order valence-electron chi connectivity index (χ2n) is 6.40. The monoisotopic (exact) mass is 435 g/mol. The zero-order valence-electron chi connectivity index (χ0n) is 15.9. The molecule has 0 unspecified atom stereocenters. The van der Waals surface area contributed by atoms with Crippen LogP contribution in [0, 0.1) is 5.82 Å². The van der Waals surface area contributed by atoms with Crippen LogP contribution in [-0.2, 0) is 0 Å². The van der Waals surface area contributed by atoms with Crippen LogP contribution in [-0.4, -0.2) is 26.6 Å². The Morgan fingerprint density at radius 3 is 2.19 bits per heavy atom. The second-order valence-corrected chi connectivity index (χ2v) is 6.81. The van der Waals surface area contributed by atoms with Crippen LogP contribution < -0.4 is 10.9 Å². The van der Waals surface area contributed by atoms with Crippen LogP contribution in [0.1, 0.15) is 21.0 Å². The highest BCUT2D eigenvalue weighted by Crippen LogP contribution is 2.21. The van der Waals surface area contributed by atoms with Gasteiger partial charge in [-0.2, -0.15) is 0 Å². The summed E-state index contributed by atoms with van der Waals surface area (Å²) in [6.45, 7) is 0. The SMILES string of the molecule is O=C(NNC(=O)c1ccc(F)cc1Cl)c1nc(-c2ccccc2)n(-c2ccccc2)n1. The van der Waals surface area contributed by atoms with E-state index in [1.54, 1.807) is 4.68 Å². The normalized spacial score (nSPS) is 10.5. The fraction of sp³-hybridized carbons (Fsp3) is 0. The molecule has 4 rings (SSSR count). The zero-order valence-corrected chi connectivity index (χ0v) is 16.7. The molecule has 3 aromatic carbocycles. The first-order valence-corrected chi connectivity index (χ1v) is 9.54. The van der Waals surface area contributed by atoms with Gasteiger partial charge in [0.05, 0.1) is 16.3 Å². The molecule has 0 aliphatic carbocycles. The quantitative estimate of drug-likeness (QED) is 0.477. The fourth-order valence-electron chi connectivity index (χ4n) is 2.84. The summed E-state index contributed by atoms with van der Waals surface area (Å²) < 4.78 is 14.7. The van der Waals surface area contributed by atoms with Crippen molar-refractivity contribution in [2.24, 2.45) is 0 Å². The van der Waals surface area contributed by atoms with Gasteiger partial charge in [-0.3, -0.25) is 20.4 Å². The topological polar surface area (TPSA) is 88.9 Å². The fourth-order valence-corrected chi connectivity index (χ4v) is 3.10. The minimum absolute atomic E-state index is 0.0103. The summed E-state index contributed by atoms with van der Waals surface area (Å²) >= 11 is 5.87. The maximum atomic E-state index is 13.2. The van der Waals surface area contributed by atoms with Crippen molar-refractivity contribution >= 4 is 23.4 Å². The van der Waals surface area contributed by atoms with Crippen molar-refractivity contribution in [3.63, 3.8) is 0 Å². The molecular weight excluding hydrogens is 421 g/mol. The van der Waals surface area contributed by atoms with Crippen molar-refractivity contribution in [2.45, 2.75) is 0 Å². The van der Waals surface area contributed by atoms with Crippen LogP contribution in [0.2, 0.25) is 5.02 Å². The third kappa shape index (κ3) is 4.44. The first kappa shape index (κ1) is 20.2. The molecule has 0 fully saturated rings. The Kier molecular flexibility index (Phi) is 5.72. The molecule has 0 aliphatic heterocycles. The van der Waals surface area contributed by atoms with Crippen LogP contribution in [0.15, 0.2) is 78.9 Å². The van der Waals surface area contributed by atoms with Gasteiger partial charge in [0, 0.05) is 5.56 Å². The minimum atomic E-state index is -0.724. The summed E-state index contributed by atoms with van der Waals surface area (Å²) in [6.07, 6.45) is 0. The van der Waals surface area contributed by atoms with E-state index in [0.29, 0.717) is 5.82 Å². The molecule has 2 amide bonds. The summed E-state index contributed by atoms with van der Waals surface area (Å²) in [4.78, 5) is 29.2. The molecule has 7 nitrogen and oxygen atoms in total. The lowest BCUT2D eigenvalue weighted by Crippen LogP contribution is -2.42. The molecule has 4 aromatic rings. The summed E-state index contributed by atoms with van der Waals surface area (Å²) in [5, 5.41) is 4.22. The van der Waals surface area contributed by atoms with E-state index in [4.69, 9.17) is 11.6 Å². The number of hydrogen-bond acceptors (Lipinski definition) is 4. The molecule has 154 valence electrons. The lowest BCUT2D eigenvalue weighted by atomic mass is 10.2. The molecule has 0 aliphatic rings.